The summed E-state index contributed by atoms with van der Waals surface area (Å²) < 4.78 is 3.85. The van der Waals surface area contributed by atoms with Crippen molar-refractivity contribution < 1.29 is 34.1 Å². The molecule has 0 bridgehead atoms. The largest absolute Gasteiger partial charge is 0.388 e. The molecule has 0 saturated carbocycles. The molecule has 62 heavy (non-hydrogen) atoms. The predicted octanol–water partition coefficient (Wildman–Crippen LogP) is 6.55. The van der Waals surface area contributed by atoms with Crippen LogP contribution >= 0.6 is 0 Å². The van der Waals surface area contributed by atoms with Crippen LogP contribution in [0.15, 0.2) is 158 Å². The zero-order chi connectivity index (χ0) is 43.2. The Morgan fingerprint density at radius 2 is 1.11 bits per heavy atom. The maximum Gasteiger partial charge on any atom is 0.388 e. The van der Waals surface area contributed by atoms with Gasteiger partial charge in [-0.15, -0.1) is 0 Å². The average molecular weight is 826 g/mol. The number of unbranched alkanes of at least 4 members (excludes halogenated alkanes) is 6. The van der Waals surface area contributed by atoms with Crippen LogP contribution in [0.4, 0.5) is 0 Å². The topological polar surface area (TPSA) is 124 Å². The van der Waals surface area contributed by atoms with Gasteiger partial charge in [-0.1, -0.05) is 114 Å². The molecule has 4 aromatic rings. The van der Waals surface area contributed by atoms with Crippen molar-refractivity contribution in [2.45, 2.75) is 83.5 Å². The van der Waals surface area contributed by atoms with E-state index in [1.165, 1.54) is 95.5 Å². The molecule has 9 heteroatoms. The fraction of sp³-hybridized carbons (Fsp3) is 0.245. The zero-order valence-corrected chi connectivity index (χ0v) is 35.6. The van der Waals surface area contributed by atoms with Crippen LogP contribution < -0.4 is 24.3 Å². The number of nitro groups is 1. The highest BCUT2D eigenvalue weighted by Crippen LogP contribution is 2.46. The molecule has 8 rings (SSSR count). The van der Waals surface area contributed by atoms with Gasteiger partial charge in [0.1, 0.15) is 6.08 Å². The molecule has 312 valence electrons. The second-order valence-electron chi connectivity index (χ2n) is 16.5. The fourth-order valence-corrected chi connectivity index (χ4v) is 9.47. The molecule has 0 radical (unpaired) electrons. The number of hydrogen-bond acceptors (Lipinski definition) is 4. The first-order valence-electron chi connectivity index (χ1n) is 22.0. The lowest BCUT2D eigenvalue weighted by atomic mass is 9.69. The Bertz CT molecular complexity index is 3130. The molecule has 2 heterocycles. The summed E-state index contributed by atoms with van der Waals surface area (Å²) in [6, 6.07) is 22.3. The lowest BCUT2D eigenvalue weighted by molar-refractivity contribution is -0.955. The third kappa shape index (κ3) is 8.22. The van der Waals surface area contributed by atoms with Gasteiger partial charge in [-0.05, 0) is 79.6 Å². The Labute approximate surface area is 360 Å². The van der Waals surface area contributed by atoms with Gasteiger partial charge in [-0.3, -0.25) is 15.5 Å². The van der Waals surface area contributed by atoms with Gasteiger partial charge in [0.2, 0.25) is 16.3 Å². The summed E-state index contributed by atoms with van der Waals surface area (Å²) in [6.45, 7) is 4.57. The molecule has 4 N–H and O–H groups in total. The lowest BCUT2D eigenvalue weighted by Gasteiger charge is -2.33. The maximum atomic E-state index is 11.3. The van der Waals surface area contributed by atoms with Gasteiger partial charge in [0.15, 0.2) is 24.8 Å². The summed E-state index contributed by atoms with van der Waals surface area (Å²) in [5.41, 5.74) is 6.93. The first-order chi connectivity index (χ1) is 30.2. The highest BCUT2D eigenvalue weighted by Gasteiger charge is 2.39. The van der Waals surface area contributed by atoms with Gasteiger partial charge in [0, 0.05) is 54.0 Å². The summed E-state index contributed by atoms with van der Waals surface area (Å²) in [7, 11) is 0. The Morgan fingerprint density at radius 3 is 1.65 bits per heavy atom. The van der Waals surface area contributed by atoms with Gasteiger partial charge in [0.25, 0.3) is 11.4 Å². The van der Waals surface area contributed by atoms with Crippen LogP contribution in [0.2, 0.25) is 0 Å². The highest BCUT2D eigenvalue weighted by molar-refractivity contribution is 6.25. The maximum absolute atomic E-state index is 11.3. The molecular formula is C53H55N5O4+4. The van der Waals surface area contributed by atoms with Crippen LogP contribution in [0.3, 0.4) is 0 Å². The van der Waals surface area contributed by atoms with E-state index in [9.17, 15) is 20.5 Å². The average Bonchev–Trinajstić information content (AvgIpc) is 3.57. The van der Waals surface area contributed by atoms with Crippen LogP contribution in [-0.2, 0) is 5.41 Å². The summed E-state index contributed by atoms with van der Waals surface area (Å²) in [4.78, 5) is 10.6. The molecule has 2 aromatic carbocycles. The molecule has 4 aliphatic carbocycles. The number of nitrogens with two attached hydrogens (primary N) is 1. The minimum Gasteiger partial charge on any atom is -0.258 e. The number of hydrogen-bond donors (Lipinski definition) is 3. The normalized spacial score (nSPS) is 17.7. The molecule has 0 saturated heterocycles. The molecule has 2 aromatic heterocycles. The second-order valence-corrected chi connectivity index (χ2v) is 16.5. The summed E-state index contributed by atoms with van der Waals surface area (Å²) >= 11 is 0. The van der Waals surface area contributed by atoms with Crippen molar-refractivity contribution in [3.63, 3.8) is 0 Å². The molecular weight excluding hydrogens is 771 g/mol. The van der Waals surface area contributed by atoms with Crippen molar-refractivity contribution >= 4 is 22.6 Å². The van der Waals surface area contributed by atoms with E-state index in [1.807, 2.05) is 24.3 Å². The van der Waals surface area contributed by atoms with Crippen LogP contribution in [-0.4, -0.2) is 31.7 Å². The smallest absolute Gasteiger partial charge is 0.258 e. The SMILES string of the molecule is CCCCCCC1(CCCCCC)c2cc(=C3C=CC=CC3=[NH2+])ccc2=c2ccc(=C3C=CC=CC3=[n+]3ccc(=c4cc[n+](=C5C=CC([N+](=O)[O-])=CC5=[N+](O)O)cc4)cc3)cc21. The van der Waals surface area contributed by atoms with Crippen molar-refractivity contribution in [2.24, 2.45) is 0 Å². The van der Waals surface area contributed by atoms with Crippen molar-refractivity contribution in [3.05, 3.63) is 222 Å². The molecule has 0 atom stereocenters. The lowest BCUT2D eigenvalue weighted by Crippen LogP contribution is -2.41. The number of aromatic nitrogens is 2. The van der Waals surface area contributed by atoms with E-state index in [1.54, 1.807) is 16.6 Å². The molecule has 0 spiro atoms. The van der Waals surface area contributed by atoms with Crippen LogP contribution in [0.5, 0.6) is 0 Å². The van der Waals surface area contributed by atoms with E-state index in [0.717, 1.165) is 51.9 Å². The summed E-state index contributed by atoms with van der Waals surface area (Å²) in [5, 5.41) is 44.5. The van der Waals surface area contributed by atoms with Gasteiger partial charge in [-0.25, -0.2) is 10.4 Å². The van der Waals surface area contributed by atoms with Gasteiger partial charge in [-0.2, -0.15) is 8.49 Å². The molecule has 0 fully saturated rings. The zero-order valence-electron chi connectivity index (χ0n) is 35.6. The molecule has 4 aliphatic rings. The van der Waals surface area contributed by atoms with Crippen LogP contribution in [0, 0.1) is 42.4 Å². The van der Waals surface area contributed by atoms with Crippen molar-refractivity contribution in [2.75, 3.05) is 0 Å². The highest BCUT2D eigenvalue weighted by atomic mass is 16.8. The van der Waals surface area contributed by atoms with E-state index in [0.29, 0.717) is 5.71 Å². The minimum atomic E-state index is -0.578. The first-order valence-corrected chi connectivity index (χ1v) is 22.0. The standard InChI is InChI=1S/C53H54N5O4/c1-3-5-7-13-29-53(30-14-8-6-4-2)47-35-40(43-15-9-11-17-49(43)54)19-22-45(47)46-23-20-41(36-48(46)53)44-16-10-12-18-50(44)55-31-25-38(26-32-55)39-27-33-56(34-28-39)51-24-21-42(57(59)60)37-52(51)58(61)62/h9-12,15-28,31-37,54,61-62H,3-8,13-14,29-30H2,1-2H3/q+3/p+1. The third-order valence-electron chi connectivity index (χ3n) is 12.7. The first kappa shape index (κ1) is 41.7. The quantitative estimate of drug-likeness (QED) is 0.0522. The Hall–Kier alpha value is -7.00. The van der Waals surface area contributed by atoms with Gasteiger partial charge in [0.05, 0.1) is 16.1 Å². The van der Waals surface area contributed by atoms with Crippen molar-refractivity contribution in [1.82, 2.24) is 0 Å². The van der Waals surface area contributed by atoms with Crippen molar-refractivity contribution in [3.8, 4) is 0 Å². The Kier molecular flexibility index (Phi) is 12.3. The second kappa shape index (κ2) is 18.3. The monoisotopic (exact) mass is 825 g/mol. The van der Waals surface area contributed by atoms with E-state index >= 15 is 0 Å². The van der Waals surface area contributed by atoms with Crippen LogP contribution in [0.1, 0.15) is 89.2 Å². The number of fused-ring (bicyclic) bond motifs is 2. The van der Waals surface area contributed by atoms with Gasteiger partial charge < -0.3 is 0 Å². The predicted molar refractivity (Wildman–Crippen MR) is 240 cm³/mol. The number of benzene rings is 2. The van der Waals surface area contributed by atoms with E-state index in [-0.39, 0.29) is 21.7 Å². The van der Waals surface area contributed by atoms with Gasteiger partial charge >= 0.3 is 5.71 Å². The molecule has 0 amide bonds. The number of allylic oxidation sites excluding steroid dienone is 11. The summed E-state index contributed by atoms with van der Waals surface area (Å²) in [6.07, 6.45) is 40.5. The van der Waals surface area contributed by atoms with E-state index < -0.39 is 4.92 Å². The number of nitrogens with zero attached hydrogens (tertiary/aromatic N) is 4. The Balaban J connectivity index is 1.26. The molecule has 0 aliphatic heterocycles. The molecule has 9 nitrogen and oxygen atoms in total. The van der Waals surface area contributed by atoms with Crippen molar-refractivity contribution in [1.29, 1.82) is 0 Å². The van der Waals surface area contributed by atoms with E-state index in [2.05, 4.69) is 115 Å². The fourth-order valence-electron chi connectivity index (χ4n) is 9.47. The van der Waals surface area contributed by atoms with Crippen LogP contribution in [0.25, 0.3) is 11.1 Å². The molecule has 0 unspecified atom stereocenters. The number of pyridine rings is 2. The number of rotatable bonds is 11. The minimum absolute atomic E-state index is 0.100. The van der Waals surface area contributed by atoms with E-state index in [4.69, 9.17) is 5.41 Å². The summed E-state index contributed by atoms with van der Waals surface area (Å²) in [5.74, 6) is 0. The Morgan fingerprint density at radius 1 is 0.597 bits per heavy atom. The third-order valence-corrected chi connectivity index (χ3v) is 12.7.